The van der Waals surface area contributed by atoms with Gasteiger partial charge in [-0.3, -0.25) is 4.98 Å². The average molecular weight is 444 g/mol. The van der Waals surface area contributed by atoms with E-state index in [2.05, 4.69) is 39.5 Å². The molecule has 0 saturated heterocycles. The maximum atomic E-state index is 5.75. The highest BCUT2D eigenvalue weighted by Crippen LogP contribution is 2.36. The van der Waals surface area contributed by atoms with Crippen molar-refractivity contribution < 1.29 is 9.47 Å². The zero-order chi connectivity index (χ0) is 22.2. The summed E-state index contributed by atoms with van der Waals surface area (Å²) in [7, 11) is 1.71. The van der Waals surface area contributed by atoms with Crippen LogP contribution in [0.25, 0.3) is 0 Å². The molecule has 1 fully saturated rings. The minimum Gasteiger partial charge on any atom is -0.497 e. The summed E-state index contributed by atoms with van der Waals surface area (Å²) in [6, 6.07) is 11.0. The summed E-state index contributed by atoms with van der Waals surface area (Å²) in [6.07, 6.45) is 8.44. The molecule has 0 bridgehead atoms. The first-order chi connectivity index (χ1) is 16.3. The van der Waals surface area contributed by atoms with Crippen LogP contribution in [0.2, 0.25) is 0 Å². The van der Waals surface area contributed by atoms with E-state index in [-0.39, 0.29) is 0 Å². The van der Waals surface area contributed by atoms with Crippen LogP contribution in [0.4, 0.5) is 11.8 Å². The molecular formula is C26H29N5O2. The molecule has 1 saturated carbocycles. The number of ether oxygens (including phenoxy) is 2. The molecule has 0 spiro atoms. The van der Waals surface area contributed by atoms with Crippen LogP contribution < -0.4 is 15.0 Å². The number of nitrogens with one attached hydrogen (secondary N) is 1. The highest BCUT2D eigenvalue weighted by Gasteiger charge is 2.28. The van der Waals surface area contributed by atoms with Crippen molar-refractivity contribution in [3.8, 4) is 5.75 Å². The van der Waals surface area contributed by atoms with E-state index in [1.807, 2.05) is 18.5 Å². The SMILES string of the molecule is COc1ccc2c(c1)CN(c1nc3c(c(NC4CCC(c5ccncc5)CC4)n1)COC3)C2. The quantitative estimate of drug-likeness (QED) is 0.619. The summed E-state index contributed by atoms with van der Waals surface area (Å²) in [5.41, 5.74) is 6.13. The van der Waals surface area contributed by atoms with Gasteiger partial charge in [0.1, 0.15) is 11.6 Å². The number of aromatic nitrogens is 3. The van der Waals surface area contributed by atoms with E-state index in [4.69, 9.17) is 19.4 Å². The van der Waals surface area contributed by atoms with Crippen molar-refractivity contribution in [1.82, 2.24) is 15.0 Å². The van der Waals surface area contributed by atoms with Gasteiger partial charge >= 0.3 is 0 Å². The Hall–Kier alpha value is -3.19. The molecule has 4 heterocycles. The van der Waals surface area contributed by atoms with Gasteiger partial charge < -0.3 is 19.7 Å². The van der Waals surface area contributed by atoms with Crippen LogP contribution in [0.3, 0.4) is 0 Å². The third-order valence-electron chi connectivity index (χ3n) is 7.23. The molecule has 0 unspecified atom stereocenters. The molecule has 1 N–H and O–H groups in total. The van der Waals surface area contributed by atoms with Gasteiger partial charge in [0.25, 0.3) is 0 Å². The summed E-state index contributed by atoms with van der Waals surface area (Å²) < 4.78 is 11.1. The molecule has 6 rings (SSSR count). The summed E-state index contributed by atoms with van der Waals surface area (Å²) in [6.45, 7) is 2.75. The molecule has 0 amide bonds. The van der Waals surface area contributed by atoms with Gasteiger partial charge in [-0.1, -0.05) is 6.07 Å². The fourth-order valence-electron chi connectivity index (χ4n) is 5.34. The molecule has 1 aromatic carbocycles. The lowest BCUT2D eigenvalue weighted by atomic mass is 9.82. The predicted molar refractivity (Wildman–Crippen MR) is 126 cm³/mol. The lowest BCUT2D eigenvalue weighted by Gasteiger charge is -2.30. The van der Waals surface area contributed by atoms with Crippen LogP contribution in [0, 0.1) is 0 Å². The molecule has 0 radical (unpaired) electrons. The van der Waals surface area contributed by atoms with E-state index < -0.39 is 0 Å². The van der Waals surface area contributed by atoms with Crippen molar-refractivity contribution in [1.29, 1.82) is 0 Å². The number of benzene rings is 1. The first kappa shape index (κ1) is 20.4. The van der Waals surface area contributed by atoms with Crippen LogP contribution in [0.1, 0.15) is 59.5 Å². The first-order valence-electron chi connectivity index (χ1n) is 11.8. The second-order valence-corrected chi connectivity index (χ2v) is 9.25. The van der Waals surface area contributed by atoms with Gasteiger partial charge in [0.2, 0.25) is 5.95 Å². The monoisotopic (exact) mass is 443 g/mol. The predicted octanol–water partition coefficient (Wildman–Crippen LogP) is 4.57. The highest BCUT2D eigenvalue weighted by atomic mass is 16.5. The van der Waals surface area contributed by atoms with Crippen molar-refractivity contribution in [2.45, 2.75) is 63.9 Å². The number of nitrogens with zero attached hydrogens (tertiary/aromatic N) is 4. The van der Waals surface area contributed by atoms with Crippen molar-refractivity contribution >= 4 is 11.8 Å². The largest absolute Gasteiger partial charge is 0.497 e. The molecule has 33 heavy (non-hydrogen) atoms. The standard InChI is InChI=1S/C26H29N5O2/c1-32-22-7-4-19-13-31(14-20(19)12-22)26-29-24-16-33-15-23(24)25(30-26)28-21-5-2-17(3-6-21)18-8-10-27-11-9-18/h4,7-12,17,21H,2-3,5-6,13-16H2,1H3,(H,28,29,30). The Balaban J connectivity index is 1.19. The van der Waals surface area contributed by atoms with Crippen LogP contribution in [-0.4, -0.2) is 28.1 Å². The molecule has 7 heteroatoms. The van der Waals surface area contributed by atoms with Crippen LogP contribution in [0.15, 0.2) is 42.7 Å². The summed E-state index contributed by atoms with van der Waals surface area (Å²) in [5.74, 6) is 3.25. The smallest absolute Gasteiger partial charge is 0.228 e. The Morgan fingerprint density at radius 3 is 2.61 bits per heavy atom. The first-order valence-corrected chi connectivity index (χ1v) is 11.8. The number of methoxy groups -OCH3 is 1. The molecule has 0 atom stereocenters. The third-order valence-corrected chi connectivity index (χ3v) is 7.23. The lowest BCUT2D eigenvalue weighted by Crippen LogP contribution is -2.27. The highest BCUT2D eigenvalue weighted by molar-refractivity contribution is 5.55. The Morgan fingerprint density at radius 2 is 1.79 bits per heavy atom. The van der Waals surface area contributed by atoms with Gasteiger partial charge in [0.15, 0.2) is 0 Å². The Labute approximate surface area is 194 Å². The lowest BCUT2D eigenvalue weighted by molar-refractivity contribution is 0.133. The van der Waals surface area contributed by atoms with Gasteiger partial charge in [0.05, 0.1) is 26.0 Å². The molecule has 3 aromatic rings. The fraction of sp³-hybridized carbons (Fsp3) is 0.423. The van der Waals surface area contributed by atoms with Crippen LogP contribution in [0.5, 0.6) is 5.75 Å². The van der Waals surface area contributed by atoms with Crippen molar-refractivity contribution in [3.63, 3.8) is 0 Å². The zero-order valence-corrected chi connectivity index (χ0v) is 19.0. The minimum atomic E-state index is 0.426. The van der Waals surface area contributed by atoms with E-state index in [1.54, 1.807) is 7.11 Å². The van der Waals surface area contributed by atoms with Crippen LogP contribution >= 0.6 is 0 Å². The van der Waals surface area contributed by atoms with E-state index in [9.17, 15) is 0 Å². The third kappa shape index (κ3) is 4.02. The average Bonchev–Trinajstić information content (AvgIpc) is 3.51. The van der Waals surface area contributed by atoms with E-state index >= 15 is 0 Å². The maximum absolute atomic E-state index is 5.75. The second kappa shape index (κ2) is 8.63. The second-order valence-electron chi connectivity index (χ2n) is 9.25. The number of pyridine rings is 1. The van der Waals surface area contributed by atoms with E-state index in [0.717, 1.165) is 54.7 Å². The maximum Gasteiger partial charge on any atom is 0.228 e. The summed E-state index contributed by atoms with van der Waals surface area (Å²) in [5, 5.41) is 3.77. The molecule has 170 valence electrons. The molecule has 2 aromatic heterocycles. The number of anilines is 2. The fourth-order valence-corrected chi connectivity index (χ4v) is 5.34. The molecular weight excluding hydrogens is 414 g/mol. The van der Waals surface area contributed by atoms with Gasteiger partial charge in [-0.25, -0.2) is 4.98 Å². The molecule has 2 aliphatic heterocycles. The van der Waals surface area contributed by atoms with Gasteiger partial charge in [-0.05, 0) is 72.6 Å². The Morgan fingerprint density at radius 1 is 0.970 bits per heavy atom. The Bertz CT molecular complexity index is 1140. The molecule has 7 nitrogen and oxygen atoms in total. The van der Waals surface area contributed by atoms with Crippen molar-refractivity contribution in [2.24, 2.45) is 0 Å². The summed E-state index contributed by atoms with van der Waals surface area (Å²) in [4.78, 5) is 16.3. The minimum absolute atomic E-state index is 0.426. The Kier molecular flexibility index (Phi) is 5.34. The van der Waals surface area contributed by atoms with Gasteiger partial charge in [-0.2, -0.15) is 4.98 Å². The topological polar surface area (TPSA) is 72.4 Å². The number of rotatable bonds is 5. The van der Waals surface area contributed by atoms with E-state index in [1.165, 1.54) is 29.5 Å². The summed E-state index contributed by atoms with van der Waals surface area (Å²) >= 11 is 0. The molecule has 3 aliphatic rings. The number of fused-ring (bicyclic) bond motifs is 2. The number of hydrogen-bond acceptors (Lipinski definition) is 7. The van der Waals surface area contributed by atoms with Crippen molar-refractivity contribution in [3.05, 3.63) is 70.7 Å². The molecule has 1 aliphatic carbocycles. The van der Waals surface area contributed by atoms with Gasteiger partial charge in [0, 0.05) is 37.1 Å². The number of hydrogen-bond donors (Lipinski definition) is 1. The van der Waals surface area contributed by atoms with Crippen molar-refractivity contribution in [2.75, 3.05) is 17.3 Å². The normalized spacial score (nSPS) is 21.5. The zero-order valence-electron chi connectivity index (χ0n) is 19.0. The van der Waals surface area contributed by atoms with Gasteiger partial charge in [-0.15, -0.1) is 0 Å². The van der Waals surface area contributed by atoms with Crippen LogP contribution in [-0.2, 0) is 31.0 Å². The van der Waals surface area contributed by atoms with E-state index in [0.29, 0.717) is 25.2 Å².